The molecular weight excluding hydrogens is 391 g/mol. The summed E-state index contributed by atoms with van der Waals surface area (Å²) in [5.74, 6) is -0.389. The van der Waals surface area contributed by atoms with E-state index in [4.69, 9.17) is 4.74 Å². The first-order chi connectivity index (χ1) is 13.4. The van der Waals surface area contributed by atoms with Gasteiger partial charge in [0.2, 0.25) is 10.0 Å². The van der Waals surface area contributed by atoms with E-state index in [1.165, 1.54) is 46.9 Å². The van der Waals surface area contributed by atoms with Gasteiger partial charge in [-0.2, -0.15) is 9.41 Å². The van der Waals surface area contributed by atoms with Gasteiger partial charge in [0.15, 0.2) is 0 Å². The van der Waals surface area contributed by atoms with Gasteiger partial charge in [-0.1, -0.05) is 12.1 Å². The molecule has 0 aromatic heterocycles. The van der Waals surface area contributed by atoms with Crippen LogP contribution in [0.5, 0.6) is 0 Å². The minimum Gasteiger partial charge on any atom is -0.379 e. The Labute approximate surface area is 160 Å². The Morgan fingerprint density at radius 1 is 1.18 bits per heavy atom. The third-order valence-electron chi connectivity index (χ3n) is 4.03. The lowest BCUT2D eigenvalue weighted by molar-refractivity contribution is -0.385. The highest BCUT2D eigenvalue weighted by Crippen LogP contribution is 2.29. The maximum absolute atomic E-state index is 13.0. The zero-order chi connectivity index (χ0) is 20.1. The summed E-state index contributed by atoms with van der Waals surface area (Å²) >= 11 is 0. The molecule has 1 N–H and O–H groups in total. The fraction of sp³-hybridized carbons (Fsp3) is 0.235. The molecule has 1 saturated heterocycles. The van der Waals surface area contributed by atoms with Crippen LogP contribution in [0.2, 0.25) is 0 Å². The van der Waals surface area contributed by atoms with Crippen LogP contribution in [0.4, 0.5) is 15.8 Å². The molecule has 0 atom stereocenters. The predicted molar refractivity (Wildman–Crippen MR) is 100 cm³/mol. The average Bonchev–Trinajstić information content (AvgIpc) is 2.70. The predicted octanol–water partition coefficient (Wildman–Crippen LogP) is 2.20. The molecular formula is C17H17FN4O5S. The number of anilines is 1. The monoisotopic (exact) mass is 408 g/mol. The summed E-state index contributed by atoms with van der Waals surface area (Å²) in [6, 6.07) is 9.01. The fourth-order valence-electron chi connectivity index (χ4n) is 2.58. The van der Waals surface area contributed by atoms with E-state index in [9.17, 15) is 22.9 Å². The van der Waals surface area contributed by atoms with Crippen molar-refractivity contribution < 1.29 is 22.5 Å². The van der Waals surface area contributed by atoms with Crippen molar-refractivity contribution in [1.82, 2.24) is 4.31 Å². The minimum absolute atomic E-state index is 0.0930. The zero-order valence-electron chi connectivity index (χ0n) is 14.6. The van der Waals surface area contributed by atoms with Gasteiger partial charge in [-0.3, -0.25) is 15.5 Å². The van der Waals surface area contributed by atoms with Crippen LogP contribution in [-0.4, -0.2) is 50.2 Å². The largest absolute Gasteiger partial charge is 0.379 e. The van der Waals surface area contributed by atoms with Gasteiger partial charge >= 0.3 is 0 Å². The van der Waals surface area contributed by atoms with Crippen molar-refractivity contribution in [3.05, 3.63) is 64.0 Å². The molecule has 1 fully saturated rings. The third kappa shape index (κ3) is 4.50. The van der Waals surface area contributed by atoms with Crippen molar-refractivity contribution in [1.29, 1.82) is 0 Å². The summed E-state index contributed by atoms with van der Waals surface area (Å²) in [6.07, 6.45) is 1.38. The van der Waals surface area contributed by atoms with Crippen LogP contribution < -0.4 is 5.43 Å². The summed E-state index contributed by atoms with van der Waals surface area (Å²) in [5, 5.41) is 15.1. The molecule has 0 unspecified atom stereocenters. The van der Waals surface area contributed by atoms with Crippen LogP contribution in [0, 0.1) is 15.9 Å². The van der Waals surface area contributed by atoms with Crippen LogP contribution in [0.25, 0.3) is 0 Å². The number of rotatable bonds is 6. The SMILES string of the molecule is O=[N+]([O-])c1ccc(N/N=C\c2ccc(F)cc2)c(S(=O)(=O)N2CCOCC2)c1. The first kappa shape index (κ1) is 19.9. The van der Waals surface area contributed by atoms with Gasteiger partial charge in [-0.15, -0.1) is 0 Å². The van der Waals surface area contributed by atoms with E-state index in [1.807, 2.05) is 0 Å². The molecule has 1 heterocycles. The number of hydrogen-bond acceptors (Lipinski definition) is 7. The zero-order valence-corrected chi connectivity index (χ0v) is 15.4. The van der Waals surface area contributed by atoms with Crippen molar-refractivity contribution in [3.63, 3.8) is 0 Å². The molecule has 2 aromatic rings. The molecule has 0 radical (unpaired) electrons. The summed E-state index contributed by atoms with van der Waals surface area (Å²) in [6.45, 7) is 0.811. The molecule has 148 valence electrons. The third-order valence-corrected chi connectivity index (χ3v) is 5.97. The summed E-state index contributed by atoms with van der Waals surface area (Å²) in [4.78, 5) is 10.2. The van der Waals surface area contributed by atoms with Gasteiger partial charge in [-0.05, 0) is 23.8 Å². The van der Waals surface area contributed by atoms with Crippen molar-refractivity contribution in [2.24, 2.45) is 5.10 Å². The molecule has 1 aliphatic rings. The number of ether oxygens (including phenoxy) is 1. The second-order valence-corrected chi connectivity index (χ2v) is 7.78. The number of halogens is 1. The number of nitro benzene ring substituents is 1. The normalized spacial score (nSPS) is 15.6. The molecule has 0 saturated carbocycles. The number of nitrogens with one attached hydrogen (secondary N) is 1. The number of nitro groups is 1. The van der Waals surface area contributed by atoms with Crippen LogP contribution in [0.15, 0.2) is 52.5 Å². The molecule has 3 rings (SSSR count). The van der Waals surface area contributed by atoms with Crippen molar-refractivity contribution in [2.45, 2.75) is 4.90 Å². The number of hydrogen-bond donors (Lipinski definition) is 1. The first-order valence-electron chi connectivity index (χ1n) is 8.29. The van der Waals surface area contributed by atoms with Crippen molar-refractivity contribution in [3.8, 4) is 0 Å². The maximum atomic E-state index is 13.0. The minimum atomic E-state index is -3.99. The van der Waals surface area contributed by atoms with E-state index in [0.717, 1.165) is 6.07 Å². The fourth-order valence-corrected chi connectivity index (χ4v) is 4.15. The molecule has 0 spiro atoms. The Bertz CT molecular complexity index is 989. The lowest BCUT2D eigenvalue weighted by atomic mass is 10.2. The van der Waals surface area contributed by atoms with Gasteiger partial charge < -0.3 is 4.74 Å². The lowest BCUT2D eigenvalue weighted by Gasteiger charge is -2.26. The molecule has 9 nitrogen and oxygen atoms in total. The van der Waals surface area contributed by atoms with Gasteiger partial charge in [-0.25, -0.2) is 12.8 Å². The van der Waals surface area contributed by atoms with Crippen LogP contribution in [-0.2, 0) is 14.8 Å². The quantitative estimate of drug-likeness (QED) is 0.445. The van der Waals surface area contributed by atoms with Gasteiger partial charge in [0.1, 0.15) is 10.7 Å². The van der Waals surface area contributed by atoms with Gasteiger partial charge in [0.05, 0.1) is 30.0 Å². The number of non-ortho nitro benzene ring substituents is 1. The van der Waals surface area contributed by atoms with Gasteiger partial charge in [0, 0.05) is 25.2 Å². The van der Waals surface area contributed by atoms with Crippen LogP contribution in [0.3, 0.4) is 0 Å². The Balaban J connectivity index is 1.91. The topological polar surface area (TPSA) is 114 Å². The van der Waals surface area contributed by atoms with Crippen LogP contribution >= 0.6 is 0 Å². The van der Waals surface area contributed by atoms with E-state index >= 15 is 0 Å². The summed E-state index contributed by atoms with van der Waals surface area (Å²) in [5.41, 5.74) is 2.94. The highest BCUT2D eigenvalue weighted by atomic mass is 32.2. The maximum Gasteiger partial charge on any atom is 0.270 e. The summed E-state index contributed by atoms with van der Waals surface area (Å²) < 4.78 is 45.3. The van der Waals surface area contributed by atoms with E-state index in [-0.39, 0.29) is 48.4 Å². The van der Waals surface area contributed by atoms with Gasteiger partial charge in [0.25, 0.3) is 5.69 Å². The Hall–Kier alpha value is -2.89. The Morgan fingerprint density at radius 2 is 1.86 bits per heavy atom. The molecule has 0 bridgehead atoms. The van der Waals surface area contributed by atoms with E-state index in [1.54, 1.807) is 0 Å². The number of benzene rings is 2. The molecule has 0 aliphatic carbocycles. The lowest BCUT2D eigenvalue weighted by Crippen LogP contribution is -2.40. The molecule has 0 amide bonds. The van der Waals surface area contributed by atoms with E-state index < -0.39 is 14.9 Å². The first-order valence-corrected chi connectivity index (χ1v) is 9.73. The van der Waals surface area contributed by atoms with E-state index in [2.05, 4.69) is 10.5 Å². The summed E-state index contributed by atoms with van der Waals surface area (Å²) in [7, 11) is -3.99. The second kappa shape index (κ2) is 8.42. The standard InChI is InChI=1S/C17H17FN4O5S/c18-14-3-1-13(2-4-14)12-19-20-16-6-5-15(22(23)24)11-17(16)28(25,26)21-7-9-27-10-8-21/h1-6,11-12,20H,7-10H2/b19-12-. The molecule has 28 heavy (non-hydrogen) atoms. The van der Waals surface area contributed by atoms with Crippen LogP contribution in [0.1, 0.15) is 5.56 Å². The Morgan fingerprint density at radius 3 is 2.50 bits per heavy atom. The van der Waals surface area contributed by atoms with E-state index in [0.29, 0.717) is 5.56 Å². The number of morpholine rings is 1. The number of nitrogens with zero attached hydrogens (tertiary/aromatic N) is 3. The smallest absolute Gasteiger partial charge is 0.270 e. The Kier molecular flexibility index (Phi) is 5.97. The van der Waals surface area contributed by atoms with Crippen molar-refractivity contribution >= 4 is 27.6 Å². The molecule has 11 heteroatoms. The average molecular weight is 408 g/mol. The number of hydrazone groups is 1. The molecule has 2 aromatic carbocycles. The molecule has 1 aliphatic heterocycles. The highest BCUT2D eigenvalue weighted by Gasteiger charge is 2.30. The second-order valence-electron chi connectivity index (χ2n) is 5.88. The number of sulfonamides is 1. The highest BCUT2D eigenvalue weighted by molar-refractivity contribution is 7.89. The van der Waals surface area contributed by atoms with Crippen molar-refractivity contribution in [2.75, 3.05) is 31.7 Å².